The van der Waals surface area contributed by atoms with Crippen LogP contribution < -0.4 is 16.4 Å². The van der Waals surface area contributed by atoms with Crippen molar-refractivity contribution in [1.29, 1.82) is 0 Å². The normalized spacial score (nSPS) is 10.2. The molecule has 0 saturated heterocycles. The summed E-state index contributed by atoms with van der Waals surface area (Å²) in [4.78, 5) is 49.1. The van der Waals surface area contributed by atoms with E-state index in [1.807, 2.05) is 0 Å². The predicted octanol–water partition coefficient (Wildman–Crippen LogP) is 1.86. The highest BCUT2D eigenvalue weighted by Crippen LogP contribution is 2.22. The fraction of sp³-hybridized carbons (Fsp3) is 0.0625. The molecule has 10 nitrogen and oxygen atoms in total. The second kappa shape index (κ2) is 7.70. The molecular formula is C16H13ClN4O6. The first-order valence-corrected chi connectivity index (χ1v) is 7.36. The molecule has 0 aliphatic rings. The highest BCUT2D eigenvalue weighted by atomic mass is 35.5. The summed E-state index contributed by atoms with van der Waals surface area (Å²) in [5.41, 5.74) is -0.487. The number of halogens is 1. The lowest BCUT2D eigenvalue weighted by molar-refractivity contribution is -0.384. The zero-order valence-corrected chi connectivity index (χ0v) is 14.3. The summed E-state index contributed by atoms with van der Waals surface area (Å²) in [7, 11) is 0. The monoisotopic (exact) mass is 392 g/mol. The number of anilines is 1. The van der Waals surface area contributed by atoms with Crippen LogP contribution in [-0.2, 0) is 6.54 Å². The van der Waals surface area contributed by atoms with Crippen molar-refractivity contribution < 1.29 is 14.8 Å². The Morgan fingerprint density at radius 1 is 1.11 bits per heavy atom. The molecule has 0 amide bonds. The number of aromatic amines is 2. The Kier molecular flexibility index (Phi) is 5.61. The number of H-pyrrole nitrogens is 2. The lowest BCUT2D eigenvalue weighted by Crippen LogP contribution is -2.29. The van der Waals surface area contributed by atoms with Gasteiger partial charge in [-0.3, -0.25) is 19.7 Å². The van der Waals surface area contributed by atoms with Crippen LogP contribution >= 0.6 is 12.4 Å². The van der Waals surface area contributed by atoms with E-state index in [4.69, 9.17) is 5.11 Å². The largest absolute Gasteiger partial charge is 0.478 e. The molecule has 0 atom stereocenters. The molecule has 11 heteroatoms. The van der Waals surface area contributed by atoms with Crippen molar-refractivity contribution in [1.82, 2.24) is 9.97 Å². The van der Waals surface area contributed by atoms with Crippen LogP contribution in [-0.4, -0.2) is 26.0 Å². The summed E-state index contributed by atoms with van der Waals surface area (Å²) < 4.78 is 0. The molecule has 0 spiro atoms. The van der Waals surface area contributed by atoms with Crippen LogP contribution in [0, 0.1) is 10.1 Å². The summed E-state index contributed by atoms with van der Waals surface area (Å²) in [6.07, 6.45) is 0. The Labute approximate surface area is 156 Å². The number of rotatable bonds is 5. The van der Waals surface area contributed by atoms with Crippen LogP contribution in [0.3, 0.4) is 0 Å². The topological polar surface area (TPSA) is 158 Å². The van der Waals surface area contributed by atoms with Crippen LogP contribution in [0.2, 0.25) is 0 Å². The molecule has 27 heavy (non-hydrogen) atoms. The van der Waals surface area contributed by atoms with Gasteiger partial charge in [0.25, 0.3) is 5.69 Å². The SMILES string of the molecule is Cl.O=C(O)c1ccc(NCc2cc([N+](=O)[O-])cc3[nH]c(=O)c(=O)[nH]c23)cc1. The van der Waals surface area contributed by atoms with Gasteiger partial charge in [0.1, 0.15) is 0 Å². The van der Waals surface area contributed by atoms with Gasteiger partial charge in [0, 0.05) is 29.9 Å². The van der Waals surface area contributed by atoms with Crippen molar-refractivity contribution in [3.8, 4) is 0 Å². The standard InChI is InChI=1S/C16H12N4O6.ClH/c21-14-15(22)19-13-9(5-11(20(25)26)6-12(13)18-14)7-17-10-3-1-8(2-4-10)16(23)24;/h1-6,17H,7H2,(H,18,21)(H,19,22)(H,23,24);1H. The Hall–Kier alpha value is -3.66. The minimum Gasteiger partial charge on any atom is -0.478 e. The zero-order chi connectivity index (χ0) is 18.8. The van der Waals surface area contributed by atoms with Crippen molar-refractivity contribution in [2.45, 2.75) is 6.54 Å². The number of nitrogens with zero attached hydrogens (tertiary/aromatic N) is 1. The summed E-state index contributed by atoms with van der Waals surface area (Å²) in [6.45, 7) is 0.104. The number of non-ortho nitro benzene ring substituents is 1. The quantitative estimate of drug-likeness (QED) is 0.293. The highest BCUT2D eigenvalue weighted by molar-refractivity contribution is 5.88. The smallest absolute Gasteiger partial charge is 0.335 e. The number of aromatic carboxylic acids is 1. The maximum Gasteiger partial charge on any atom is 0.335 e. The molecule has 0 unspecified atom stereocenters. The number of carbonyl (C=O) groups is 1. The number of carboxylic acid groups (broad SMARTS) is 1. The summed E-state index contributed by atoms with van der Waals surface area (Å²) in [5.74, 6) is -1.05. The van der Waals surface area contributed by atoms with Crippen molar-refractivity contribution >= 4 is 40.8 Å². The zero-order valence-electron chi connectivity index (χ0n) is 13.5. The number of benzene rings is 2. The molecule has 2 aromatic carbocycles. The van der Waals surface area contributed by atoms with E-state index in [2.05, 4.69) is 15.3 Å². The summed E-state index contributed by atoms with van der Waals surface area (Å²) in [5, 5.41) is 23.0. The number of carboxylic acids is 1. The highest BCUT2D eigenvalue weighted by Gasteiger charge is 2.14. The third-order valence-electron chi connectivity index (χ3n) is 3.72. The molecule has 1 heterocycles. The molecule has 1 aromatic heterocycles. The van der Waals surface area contributed by atoms with E-state index >= 15 is 0 Å². The van der Waals surface area contributed by atoms with Crippen molar-refractivity contribution in [3.63, 3.8) is 0 Å². The van der Waals surface area contributed by atoms with Gasteiger partial charge in [-0.1, -0.05) is 0 Å². The van der Waals surface area contributed by atoms with E-state index in [0.29, 0.717) is 11.3 Å². The van der Waals surface area contributed by atoms with E-state index in [9.17, 15) is 24.5 Å². The number of hydrogen-bond acceptors (Lipinski definition) is 6. The molecule has 3 rings (SSSR count). The molecule has 140 valence electrons. The van der Waals surface area contributed by atoms with Gasteiger partial charge in [0.05, 0.1) is 21.5 Å². The molecule has 0 aliphatic carbocycles. The fourth-order valence-electron chi connectivity index (χ4n) is 2.45. The molecule has 0 radical (unpaired) electrons. The Morgan fingerprint density at radius 3 is 2.33 bits per heavy atom. The second-order valence-corrected chi connectivity index (χ2v) is 5.43. The second-order valence-electron chi connectivity index (χ2n) is 5.43. The molecule has 0 fully saturated rings. The minimum absolute atomic E-state index is 0. The van der Waals surface area contributed by atoms with Crippen LogP contribution in [0.5, 0.6) is 0 Å². The van der Waals surface area contributed by atoms with Crippen LogP contribution in [0.1, 0.15) is 15.9 Å². The Bertz CT molecular complexity index is 1140. The fourth-order valence-corrected chi connectivity index (χ4v) is 2.45. The third kappa shape index (κ3) is 4.12. The van der Waals surface area contributed by atoms with Gasteiger partial charge in [0.15, 0.2) is 0 Å². The number of hydrogen-bond donors (Lipinski definition) is 4. The van der Waals surface area contributed by atoms with Crippen molar-refractivity contribution in [2.75, 3.05) is 5.32 Å². The lowest BCUT2D eigenvalue weighted by Gasteiger charge is -2.09. The number of fused-ring (bicyclic) bond motifs is 1. The Morgan fingerprint density at radius 2 is 1.74 bits per heavy atom. The summed E-state index contributed by atoms with van der Waals surface area (Å²) >= 11 is 0. The molecule has 4 N–H and O–H groups in total. The minimum atomic E-state index is -1.05. The van der Waals surface area contributed by atoms with E-state index in [1.54, 1.807) is 12.1 Å². The van der Waals surface area contributed by atoms with Crippen molar-refractivity contribution in [3.05, 3.63) is 78.3 Å². The first kappa shape index (κ1) is 19.7. The van der Waals surface area contributed by atoms with Crippen LogP contribution in [0.4, 0.5) is 11.4 Å². The maximum absolute atomic E-state index is 11.6. The average molecular weight is 393 g/mol. The Balaban J connectivity index is 0.00000261. The van der Waals surface area contributed by atoms with E-state index in [1.165, 1.54) is 18.2 Å². The molecule has 0 bridgehead atoms. The maximum atomic E-state index is 11.6. The number of nitro benzene ring substituents is 1. The van der Waals surface area contributed by atoms with Gasteiger partial charge in [-0.2, -0.15) is 0 Å². The number of aromatic nitrogens is 2. The van der Waals surface area contributed by atoms with E-state index in [-0.39, 0.29) is 41.2 Å². The van der Waals surface area contributed by atoms with Gasteiger partial charge in [-0.25, -0.2) is 4.79 Å². The average Bonchev–Trinajstić information content (AvgIpc) is 2.61. The van der Waals surface area contributed by atoms with Gasteiger partial charge in [-0.05, 0) is 24.3 Å². The lowest BCUT2D eigenvalue weighted by atomic mass is 10.1. The van der Waals surface area contributed by atoms with Gasteiger partial charge < -0.3 is 20.4 Å². The third-order valence-corrected chi connectivity index (χ3v) is 3.72. The molecular weight excluding hydrogens is 380 g/mol. The van der Waals surface area contributed by atoms with Crippen LogP contribution in [0.25, 0.3) is 11.0 Å². The van der Waals surface area contributed by atoms with E-state index in [0.717, 1.165) is 6.07 Å². The molecule has 0 saturated carbocycles. The predicted molar refractivity (Wildman–Crippen MR) is 99.8 cm³/mol. The van der Waals surface area contributed by atoms with Crippen molar-refractivity contribution in [2.24, 2.45) is 0 Å². The van der Waals surface area contributed by atoms with Crippen LogP contribution in [0.15, 0.2) is 46.0 Å². The van der Waals surface area contributed by atoms with Gasteiger partial charge >= 0.3 is 17.1 Å². The summed E-state index contributed by atoms with van der Waals surface area (Å²) in [6, 6.07) is 8.37. The van der Waals surface area contributed by atoms with Gasteiger partial charge in [0.2, 0.25) is 0 Å². The molecule has 3 aromatic rings. The number of nitro groups is 1. The van der Waals surface area contributed by atoms with Gasteiger partial charge in [-0.15, -0.1) is 12.4 Å². The first-order chi connectivity index (χ1) is 12.3. The number of nitrogens with one attached hydrogen (secondary N) is 3. The molecule has 0 aliphatic heterocycles. The van der Waals surface area contributed by atoms with E-state index < -0.39 is 22.0 Å². The first-order valence-electron chi connectivity index (χ1n) is 7.36.